The second-order valence-corrected chi connectivity index (χ2v) is 7.26. The Kier molecular flexibility index (Phi) is 7.62. The molecule has 0 N–H and O–H groups in total. The van der Waals surface area contributed by atoms with E-state index in [0.29, 0.717) is 12.4 Å². The molecular weight excluding hydrogens is 427 g/mol. The standard InChI is InChI=1S/C23H19ClN2O4.Na/c1-15-4-2-7-20(24)21(15)18-6-3-5-17(12-18)14-29-19-10-8-16(9-11-19)13-26-22(27)25-23(28)30-26;/h2-12H,13-14H2,1H3,(H,25,27,28);/q;+1/p-1. The summed E-state index contributed by atoms with van der Waals surface area (Å²) in [6, 6.07) is 21.2. The Bertz CT molecular complexity index is 1270. The molecule has 8 heteroatoms. The maximum Gasteiger partial charge on any atom is 1.00 e. The van der Waals surface area contributed by atoms with Crippen molar-refractivity contribution in [2.24, 2.45) is 0 Å². The zero-order chi connectivity index (χ0) is 21.1. The van der Waals surface area contributed by atoms with Gasteiger partial charge in [-0.1, -0.05) is 54.1 Å². The Labute approximate surface area is 205 Å². The molecule has 3 aromatic carbocycles. The molecule has 0 saturated carbocycles. The number of nitrogens with zero attached hydrogens (tertiary/aromatic N) is 2. The molecule has 0 aliphatic rings. The average molecular weight is 445 g/mol. The van der Waals surface area contributed by atoms with Crippen molar-refractivity contribution in [2.45, 2.75) is 20.1 Å². The Balaban J connectivity index is 0.00000272. The van der Waals surface area contributed by atoms with Gasteiger partial charge in [0, 0.05) is 17.1 Å². The minimum Gasteiger partial charge on any atom is -0.489 e. The van der Waals surface area contributed by atoms with Crippen molar-refractivity contribution in [2.75, 3.05) is 0 Å². The van der Waals surface area contributed by atoms with E-state index in [2.05, 4.69) is 11.1 Å². The molecule has 0 bridgehead atoms. The van der Waals surface area contributed by atoms with Crippen LogP contribution in [0.15, 0.2) is 80.8 Å². The second kappa shape index (κ2) is 10.2. The van der Waals surface area contributed by atoms with E-state index in [-0.39, 0.29) is 36.1 Å². The molecule has 0 spiro atoms. The number of ether oxygens (including phenoxy) is 1. The van der Waals surface area contributed by atoms with Gasteiger partial charge >= 0.3 is 35.3 Å². The smallest absolute Gasteiger partial charge is 0.489 e. The van der Waals surface area contributed by atoms with Crippen molar-refractivity contribution in [1.29, 1.82) is 0 Å². The van der Waals surface area contributed by atoms with Crippen molar-refractivity contribution in [3.05, 3.63) is 109 Å². The molecule has 152 valence electrons. The first-order valence-electron chi connectivity index (χ1n) is 9.31. The number of aromatic nitrogens is 2. The van der Waals surface area contributed by atoms with Crippen LogP contribution < -0.4 is 50.7 Å². The number of aryl methyl sites for hydroxylation is 1. The molecular formula is C23H18ClN2NaO4. The first kappa shape index (κ1) is 23.2. The SMILES string of the molecule is Cc1cccc(Cl)c1-c1cccc(COc2ccc(Cn3oc(=O)[n-]c3=O)cc2)c1.[Na+]. The van der Waals surface area contributed by atoms with Crippen LogP contribution in [0, 0.1) is 6.92 Å². The Morgan fingerprint density at radius 3 is 2.42 bits per heavy atom. The topological polar surface area (TPSA) is 75.5 Å². The molecule has 0 fully saturated rings. The van der Waals surface area contributed by atoms with Crippen LogP contribution in [-0.2, 0) is 13.2 Å². The van der Waals surface area contributed by atoms with Gasteiger partial charge in [0.2, 0.25) is 0 Å². The third-order valence-electron chi connectivity index (χ3n) is 4.68. The maximum absolute atomic E-state index is 11.5. The van der Waals surface area contributed by atoms with Gasteiger partial charge in [-0.15, -0.1) is 0 Å². The second-order valence-electron chi connectivity index (χ2n) is 6.85. The molecule has 0 aliphatic heterocycles. The molecule has 4 aromatic rings. The summed E-state index contributed by atoms with van der Waals surface area (Å²) < 4.78 is 11.5. The number of halogens is 1. The molecule has 0 saturated heterocycles. The van der Waals surface area contributed by atoms with Crippen molar-refractivity contribution in [3.63, 3.8) is 0 Å². The Morgan fingerprint density at radius 1 is 1.00 bits per heavy atom. The van der Waals surface area contributed by atoms with Gasteiger partial charge in [0.25, 0.3) is 0 Å². The fraction of sp³-hybridized carbons (Fsp3) is 0.130. The van der Waals surface area contributed by atoms with Gasteiger partial charge in [-0.2, -0.15) is 0 Å². The van der Waals surface area contributed by atoms with Crippen LogP contribution in [0.5, 0.6) is 5.75 Å². The fourth-order valence-corrected chi connectivity index (χ4v) is 3.56. The predicted octanol–water partition coefficient (Wildman–Crippen LogP) is 1.02. The van der Waals surface area contributed by atoms with Gasteiger partial charge in [-0.3, -0.25) is 9.53 Å². The zero-order valence-electron chi connectivity index (χ0n) is 17.2. The van der Waals surface area contributed by atoms with Crippen molar-refractivity contribution in [3.8, 4) is 16.9 Å². The van der Waals surface area contributed by atoms with E-state index in [1.807, 2.05) is 43.3 Å². The average Bonchev–Trinajstić information content (AvgIpc) is 3.04. The summed E-state index contributed by atoms with van der Waals surface area (Å²) in [4.78, 5) is 25.6. The molecule has 0 aliphatic carbocycles. The van der Waals surface area contributed by atoms with E-state index in [9.17, 15) is 9.59 Å². The van der Waals surface area contributed by atoms with Crippen LogP contribution in [-0.4, -0.2) is 4.74 Å². The zero-order valence-corrected chi connectivity index (χ0v) is 19.9. The van der Waals surface area contributed by atoms with Gasteiger partial charge in [-0.05, 0) is 53.4 Å². The van der Waals surface area contributed by atoms with Crippen molar-refractivity contribution in [1.82, 2.24) is 9.72 Å². The van der Waals surface area contributed by atoms with Gasteiger partial charge < -0.3 is 14.2 Å². The third-order valence-corrected chi connectivity index (χ3v) is 5.00. The molecule has 0 amide bonds. The van der Waals surface area contributed by atoms with E-state index in [0.717, 1.165) is 37.6 Å². The maximum atomic E-state index is 11.5. The van der Waals surface area contributed by atoms with Crippen LogP contribution in [0.4, 0.5) is 0 Å². The summed E-state index contributed by atoms with van der Waals surface area (Å²) in [5, 5.41) is 0.721. The van der Waals surface area contributed by atoms with E-state index in [1.165, 1.54) is 0 Å². The molecule has 31 heavy (non-hydrogen) atoms. The van der Waals surface area contributed by atoms with Crippen LogP contribution in [0.25, 0.3) is 11.1 Å². The molecule has 0 unspecified atom stereocenters. The summed E-state index contributed by atoms with van der Waals surface area (Å²) >= 11 is 6.39. The van der Waals surface area contributed by atoms with Crippen molar-refractivity contribution < 1.29 is 38.8 Å². The monoisotopic (exact) mass is 444 g/mol. The molecule has 1 heterocycles. The third kappa shape index (κ3) is 5.60. The van der Waals surface area contributed by atoms with E-state index in [4.69, 9.17) is 20.9 Å². The summed E-state index contributed by atoms with van der Waals surface area (Å²) in [6.07, 6.45) is 0. The van der Waals surface area contributed by atoms with Gasteiger partial charge in [0.1, 0.15) is 12.4 Å². The van der Waals surface area contributed by atoms with Crippen LogP contribution in [0.2, 0.25) is 5.02 Å². The quantitative estimate of drug-likeness (QED) is 0.415. The number of hydrogen-bond donors (Lipinski definition) is 0. The van der Waals surface area contributed by atoms with E-state index < -0.39 is 11.4 Å². The summed E-state index contributed by atoms with van der Waals surface area (Å²) in [5.41, 5.74) is 4.29. The Morgan fingerprint density at radius 2 is 1.74 bits per heavy atom. The normalized spacial score (nSPS) is 10.5. The van der Waals surface area contributed by atoms with Gasteiger partial charge in [0.05, 0.1) is 0 Å². The van der Waals surface area contributed by atoms with E-state index in [1.54, 1.807) is 24.3 Å². The summed E-state index contributed by atoms with van der Waals surface area (Å²) in [5.74, 6) is -0.207. The molecule has 0 atom stereocenters. The Hall–Kier alpha value is -2.51. The molecule has 4 rings (SSSR count). The summed E-state index contributed by atoms with van der Waals surface area (Å²) in [7, 11) is 0. The van der Waals surface area contributed by atoms with Crippen LogP contribution in [0.1, 0.15) is 16.7 Å². The first-order valence-corrected chi connectivity index (χ1v) is 9.69. The first-order chi connectivity index (χ1) is 14.5. The van der Waals surface area contributed by atoms with Gasteiger partial charge in [0.15, 0.2) is 5.69 Å². The van der Waals surface area contributed by atoms with E-state index >= 15 is 0 Å². The number of hydrogen-bond acceptors (Lipinski definition) is 4. The minimum absolute atomic E-state index is 0. The number of rotatable bonds is 6. The largest absolute Gasteiger partial charge is 1.00 e. The number of benzene rings is 3. The molecule has 1 aromatic heterocycles. The van der Waals surface area contributed by atoms with Crippen LogP contribution in [0.3, 0.4) is 0 Å². The van der Waals surface area contributed by atoms with Gasteiger partial charge in [-0.25, -0.2) is 4.79 Å². The molecule has 6 nitrogen and oxygen atoms in total. The predicted molar refractivity (Wildman–Crippen MR) is 114 cm³/mol. The van der Waals surface area contributed by atoms with Crippen molar-refractivity contribution >= 4 is 11.6 Å². The minimum atomic E-state index is -0.894. The fourth-order valence-electron chi connectivity index (χ4n) is 3.23. The molecule has 0 radical (unpaired) electrons. The summed E-state index contributed by atoms with van der Waals surface area (Å²) in [6.45, 7) is 2.57. The van der Waals surface area contributed by atoms with Crippen LogP contribution >= 0.6 is 11.6 Å².